The van der Waals surface area contributed by atoms with Crippen LogP contribution in [0.2, 0.25) is 0 Å². The van der Waals surface area contributed by atoms with E-state index in [2.05, 4.69) is 39.5 Å². The maximum atomic E-state index is 12.0. The van der Waals surface area contributed by atoms with Gasteiger partial charge in [-0.15, -0.1) is 0 Å². The van der Waals surface area contributed by atoms with Crippen molar-refractivity contribution >= 4 is 16.8 Å². The molecule has 1 aliphatic rings. The predicted molar refractivity (Wildman–Crippen MR) is 82.0 cm³/mol. The Kier molecular flexibility index (Phi) is 3.69. The fourth-order valence-electron chi connectivity index (χ4n) is 2.95. The van der Waals surface area contributed by atoms with E-state index in [1.807, 2.05) is 13.1 Å². The lowest BCUT2D eigenvalue weighted by atomic mass is 10.0. The van der Waals surface area contributed by atoms with Gasteiger partial charge in [0.15, 0.2) is 5.60 Å². The number of nitrogens with one attached hydrogen (secondary N) is 2. The normalized spacial score (nSPS) is 23.3. The van der Waals surface area contributed by atoms with E-state index in [-0.39, 0.29) is 5.91 Å². The van der Waals surface area contributed by atoms with Gasteiger partial charge in [-0.1, -0.05) is 6.07 Å². The number of benzene rings is 1. The van der Waals surface area contributed by atoms with Crippen molar-refractivity contribution in [3.8, 4) is 0 Å². The first kappa shape index (κ1) is 14.1. The van der Waals surface area contributed by atoms with Gasteiger partial charge in [0.1, 0.15) is 0 Å². The summed E-state index contributed by atoms with van der Waals surface area (Å²) in [7, 11) is 1.65. The molecule has 0 bridgehead atoms. The molecule has 2 N–H and O–H groups in total. The van der Waals surface area contributed by atoms with Gasteiger partial charge in [0.05, 0.1) is 6.61 Å². The molecule has 1 fully saturated rings. The Morgan fingerprint density at radius 2 is 2.33 bits per heavy atom. The van der Waals surface area contributed by atoms with Gasteiger partial charge in [0.2, 0.25) is 0 Å². The summed E-state index contributed by atoms with van der Waals surface area (Å²) in [5.41, 5.74) is 1.64. The molecule has 0 spiro atoms. The summed E-state index contributed by atoms with van der Waals surface area (Å²) in [4.78, 5) is 17.4. The second-order valence-corrected chi connectivity index (χ2v) is 5.77. The van der Waals surface area contributed by atoms with Crippen LogP contribution < -0.4 is 5.32 Å². The second-order valence-electron chi connectivity index (χ2n) is 5.77. The number of amides is 1. The molecule has 1 saturated heterocycles. The number of rotatable bonds is 3. The van der Waals surface area contributed by atoms with Crippen molar-refractivity contribution in [3.63, 3.8) is 0 Å². The first-order chi connectivity index (χ1) is 10.1. The second kappa shape index (κ2) is 5.50. The molecule has 1 atom stereocenters. The van der Waals surface area contributed by atoms with Gasteiger partial charge < -0.3 is 15.0 Å². The summed E-state index contributed by atoms with van der Waals surface area (Å²) < 4.78 is 5.69. The first-order valence-electron chi connectivity index (χ1n) is 7.25. The van der Waals surface area contributed by atoms with Crippen molar-refractivity contribution in [2.75, 3.05) is 26.7 Å². The van der Waals surface area contributed by atoms with Gasteiger partial charge in [-0.2, -0.15) is 0 Å². The summed E-state index contributed by atoms with van der Waals surface area (Å²) in [6, 6.07) is 8.50. The summed E-state index contributed by atoms with van der Waals surface area (Å²) in [5.74, 6) is -0.0618. The summed E-state index contributed by atoms with van der Waals surface area (Å²) in [6.45, 7) is 4.72. The molecule has 21 heavy (non-hydrogen) atoms. The molecular weight excluding hydrogens is 266 g/mol. The fraction of sp³-hybridized carbons (Fsp3) is 0.438. The minimum absolute atomic E-state index is 0.0618. The molecular formula is C16H21N3O2. The average molecular weight is 287 g/mol. The van der Waals surface area contributed by atoms with E-state index in [0.717, 1.165) is 18.6 Å². The van der Waals surface area contributed by atoms with Crippen molar-refractivity contribution < 1.29 is 9.53 Å². The maximum Gasteiger partial charge on any atom is 0.253 e. The third-order valence-corrected chi connectivity index (χ3v) is 4.08. The zero-order chi connectivity index (χ0) is 14.9. The molecule has 2 heterocycles. The number of nitrogens with zero attached hydrogens (tertiary/aromatic N) is 1. The molecule has 5 heteroatoms. The van der Waals surface area contributed by atoms with Gasteiger partial charge in [0.25, 0.3) is 5.91 Å². The summed E-state index contributed by atoms with van der Waals surface area (Å²) in [6.07, 6.45) is 1.95. The molecule has 2 aromatic rings. The number of morpholine rings is 1. The Bertz CT molecular complexity index is 652. The van der Waals surface area contributed by atoms with Gasteiger partial charge in [-0.25, -0.2) is 0 Å². The quantitative estimate of drug-likeness (QED) is 0.899. The van der Waals surface area contributed by atoms with Crippen LogP contribution in [0.3, 0.4) is 0 Å². The zero-order valence-corrected chi connectivity index (χ0v) is 12.5. The van der Waals surface area contributed by atoms with E-state index in [4.69, 9.17) is 4.74 Å². The molecule has 0 unspecified atom stereocenters. The number of aromatic amines is 1. The molecule has 0 aliphatic carbocycles. The topological polar surface area (TPSA) is 57.4 Å². The predicted octanol–water partition coefficient (Wildman–Crippen LogP) is 1.50. The largest absolute Gasteiger partial charge is 0.363 e. The number of hydrogen-bond donors (Lipinski definition) is 2. The average Bonchev–Trinajstić information content (AvgIpc) is 2.94. The Balaban J connectivity index is 1.73. The van der Waals surface area contributed by atoms with Crippen LogP contribution in [0.25, 0.3) is 10.9 Å². The molecule has 1 aliphatic heterocycles. The molecule has 1 aromatic carbocycles. The standard InChI is InChI=1S/C16H21N3O2/c1-16(15(20)17-2)11-19(7-8-21-16)10-12-3-4-14-13(9-12)5-6-18-14/h3-6,9,18H,7-8,10-11H2,1-2H3,(H,17,20)/t16-/m1/s1. The highest BCUT2D eigenvalue weighted by atomic mass is 16.5. The number of hydrogen-bond acceptors (Lipinski definition) is 3. The first-order valence-corrected chi connectivity index (χ1v) is 7.25. The molecule has 0 radical (unpaired) electrons. The Morgan fingerprint density at radius 3 is 3.14 bits per heavy atom. The van der Waals surface area contributed by atoms with Crippen molar-refractivity contribution in [2.24, 2.45) is 0 Å². The van der Waals surface area contributed by atoms with E-state index in [1.54, 1.807) is 7.05 Å². The number of likely N-dealkylation sites (N-methyl/N-ethyl adjacent to an activating group) is 1. The molecule has 112 valence electrons. The highest BCUT2D eigenvalue weighted by molar-refractivity contribution is 5.85. The van der Waals surface area contributed by atoms with Crippen LogP contribution >= 0.6 is 0 Å². The molecule has 3 rings (SSSR count). The number of H-pyrrole nitrogens is 1. The number of carbonyl (C=O) groups is 1. The lowest BCUT2D eigenvalue weighted by molar-refractivity contribution is -0.156. The van der Waals surface area contributed by atoms with Crippen LogP contribution in [0.5, 0.6) is 0 Å². The third-order valence-electron chi connectivity index (χ3n) is 4.08. The highest BCUT2D eigenvalue weighted by Gasteiger charge is 2.38. The van der Waals surface area contributed by atoms with E-state index < -0.39 is 5.60 Å². The minimum atomic E-state index is -0.759. The molecule has 0 saturated carbocycles. The van der Waals surface area contributed by atoms with Crippen molar-refractivity contribution in [1.29, 1.82) is 0 Å². The monoisotopic (exact) mass is 287 g/mol. The number of ether oxygens (including phenoxy) is 1. The fourth-order valence-corrected chi connectivity index (χ4v) is 2.95. The van der Waals surface area contributed by atoms with E-state index in [1.165, 1.54) is 10.9 Å². The van der Waals surface area contributed by atoms with Crippen molar-refractivity contribution in [1.82, 2.24) is 15.2 Å². The third kappa shape index (κ3) is 2.80. The minimum Gasteiger partial charge on any atom is -0.363 e. The molecule has 5 nitrogen and oxygen atoms in total. The van der Waals surface area contributed by atoms with Crippen molar-refractivity contribution in [3.05, 3.63) is 36.0 Å². The van der Waals surface area contributed by atoms with Crippen LogP contribution in [-0.4, -0.2) is 48.1 Å². The number of aromatic nitrogens is 1. The van der Waals surface area contributed by atoms with E-state index in [0.29, 0.717) is 13.2 Å². The highest BCUT2D eigenvalue weighted by Crippen LogP contribution is 2.21. The summed E-state index contributed by atoms with van der Waals surface area (Å²) >= 11 is 0. The van der Waals surface area contributed by atoms with Crippen LogP contribution in [0.4, 0.5) is 0 Å². The van der Waals surface area contributed by atoms with E-state index in [9.17, 15) is 4.79 Å². The Labute approximate surface area is 124 Å². The van der Waals surface area contributed by atoms with Crippen molar-refractivity contribution in [2.45, 2.75) is 19.1 Å². The smallest absolute Gasteiger partial charge is 0.253 e. The van der Waals surface area contributed by atoms with Crippen LogP contribution in [-0.2, 0) is 16.1 Å². The van der Waals surface area contributed by atoms with Gasteiger partial charge in [-0.05, 0) is 36.1 Å². The molecule has 1 aromatic heterocycles. The summed E-state index contributed by atoms with van der Waals surface area (Å²) in [5, 5.41) is 3.90. The van der Waals surface area contributed by atoms with Gasteiger partial charge in [0, 0.05) is 38.4 Å². The van der Waals surface area contributed by atoms with Gasteiger partial charge in [-0.3, -0.25) is 9.69 Å². The van der Waals surface area contributed by atoms with Gasteiger partial charge >= 0.3 is 0 Å². The van der Waals surface area contributed by atoms with Crippen LogP contribution in [0.1, 0.15) is 12.5 Å². The number of fused-ring (bicyclic) bond motifs is 1. The van der Waals surface area contributed by atoms with E-state index >= 15 is 0 Å². The molecule has 1 amide bonds. The Morgan fingerprint density at radius 1 is 1.48 bits per heavy atom. The zero-order valence-electron chi connectivity index (χ0n) is 12.5. The SMILES string of the molecule is CNC(=O)[C@@]1(C)CN(Cc2ccc3[nH]ccc3c2)CCO1. The van der Waals surface area contributed by atoms with Crippen LogP contribution in [0, 0.1) is 0 Å². The lowest BCUT2D eigenvalue weighted by Gasteiger charge is -2.39. The maximum absolute atomic E-state index is 12.0. The lowest BCUT2D eigenvalue weighted by Crippen LogP contribution is -2.57. The Hall–Kier alpha value is -1.85. The number of carbonyl (C=O) groups excluding carboxylic acids is 1. The van der Waals surface area contributed by atoms with Crippen LogP contribution in [0.15, 0.2) is 30.5 Å².